The molecule has 4 heteroatoms. The Morgan fingerprint density at radius 1 is 1.37 bits per heavy atom. The lowest BCUT2D eigenvalue weighted by Crippen LogP contribution is -2.31. The molecule has 1 heterocycles. The molecular weight excluding hydrogens is 240 g/mol. The van der Waals surface area contributed by atoms with Gasteiger partial charge in [-0.05, 0) is 36.8 Å². The highest BCUT2D eigenvalue weighted by Crippen LogP contribution is 2.56. The Hall–Kier alpha value is -1.58. The molecule has 1 aromatic heterocycles. The molecule has 2 aliphatic carbocycles. The van der Waals surface area contributed by atoms with Gasteiger partial charge in [0.05, 0.1) is 12.1 Å². The molecule has 1 amide bonds. The van der Waals surface area contributed by atoms with Gasteiger partial charge in [-0.25, -0.2) is 0 Å². The molecule has 19 heavy (non-hydrogen) atoms. The number of aromatic nitrogens is 1. The van der Waals surface area contributed by atoms with Crippen LogP contribution < -0.4 is 5.32 Å². The van der Waals surface area contributed by atoms with Gasteiger partial charge in [0.15, 0.2) is 6.29 Å². The van der Waals surface area contributed by atoms with Gasteiger partial charge >= 0.3 is 0 Å². The summed E-state index contributed by atoms with van der Waals surface area (Å²) in [6.07, 6.45) is 8.77. The Balaban J connectivity index is 1.51. The number of amides is 1. The van der Waals surface area contributed by atoms with Gasteiger partial charge in [0.2, 0.25) is 5.91 Å². The van der Waals surface area contributed by atoms with Crippen LogP contribution in [-0.2, 0) is 11.2 Å². The van der Waals surface area contributed by atoms with E-state index < -0.39 is 0 Å². The van der Waals surface area contributed by atoms with Crippen LogP contribution in [0.5, 0.6) is 0 Å². The van der Waals surface area contributed by atoms with Crippen LogP contribution in [0.25, 0.3) is 0 Å². The third-order valence-corrected chi connectivity index (χ3v) is 4.62. The monoisotopic (exact) mass is 260 g/mol. The SMILES string of the molecule is O=Cc1ccc(CC(=O)NC2CC23CCCCC3)[nH]1. The van der Waals surface area contributed by atoms with Gasteiger partial charge in [-0.15, -0.1) is 0 Å². The van der Waals surface area contributed by atoms with E-state index in [0.717, 1.165) is 18.4 Å². The maximum absolute atomic E-state index is 12.0. The predicted molar refractivity (Wildman–Crippen MR) is 71.9 cm³/mol. The molecule has 2 saturated carbocycles. The Kier molecular flexibility index (Phi) is 3.17. The van der Waals surface area contributed by atoms with Crippen molar-refractivity contribution in [2.75, 3.05) is 0 Å². The minimum atomic E-state index is 0.0618. The van der Waals surface area contributed by atoms with Crippen LogP contribution in [0.1, 0.15) is 54.7 Å². The van der Waals surface area contributed by atoms with E-state index in [0.29, 0.717) is 23.6 Å². The second kappa shape index (κ2) is 4.83. The molecule has 4 nitrogen and oxygen atoms in total. The summed E-state index contributed by atoms with van der Waals surface area (Å²) in [5, 5.41) is 3.14. The van der Waals surface area contributed by atoms with Crippen molar-refractivity contribution in [2.24, 2.45) is 5.41 Å². The lowest BCUT2D eigenvalue weighted by atomic mass is 9.86. The number of H-pyrrole nitrogens is 1. The van der Waals surface area contributed by atoms with Crippen molar-refractivity contribution >= 4 is 12.2 Å². The largest absolute Gasteiger partial charge is 0.356 e. The normalized spacial score (nSPS) is 24.1. The number of hydrogen-bond donors (Lipinski definition) is 2. The van der Waals surface area contributed by atoms with Crippen molar-refractivity contribution in [1.82, 2.24) is 10.3 Å². The van der Waals surface area contributed by atoms with E-state index >= 15 is 0 Å². The van der Waals surface area contributed by atoms with E-state index in [-0.39, 0.29) is 5.91 Å². The molecule has 0 bridgehead atoms. The summed E-state index contributed by atoms with van der Waals surface area (Å²) in [6.45, 7) is 0. The summed E-state index contributed by atoms with van der Waals surface area (Å²) < 4.78 is 0. The molecule has 2 aliphatic rings. The number of aromatic amines is 1. The molecule has 1 aromatic rings. The zero-order valence-corrected chi connectivity index (χ0v) is 11.1. The molecule has 0 saturated heterocycles. The van der Waals surface area contributed by atoms with Crippen LogP contribution in [0.3, 0.4) is 0 Å². The first-order chi connectivity index (χ1) is 9.22. The van der Waals surface area contributed by atoms with E-state index in [1.54, 1.807) is 12.1 Å². The second-order valence-corrected chi connectivity index (χ2v) is 5.98. The van der Waals surface area contributed by atoms with Crippen molar-refractivity contribution in [3.05, 3.63) is 23.5 Å². The highest BCUT2D eigenvalue weighted by Gasteiger charge is 2.54. The molecule has 102 valence electrons. The van der Waals surface area contributed by atoms with Gasteiger partial charge in [0.25, 0.3) is 0 Å². The minimum absolute atomic E-state index is 0.0618. The average molecular weight is 260 g/mol. The van der Waals surface area contributed by atoms with E-state index in [1.807, 2.05) is 0 Å². The molecule has 0 aromatic carbocycles. The maximum atomic E-state index is 12.0. The highest BCUT2D eigenvalue weighted by atomic mass is 16.1. The average Bonchev–Trinajstić information content (AvgIpc) is 2.87. The highest BCUT2D eigenvalue weighted by molar-refractivity contribution is 5.79. The number of aldehydes is 1. The summed E-state index contributed by atoms with van der Waals surface area (Å²) in [5.41, 5.74) is 1.76. The Bertz CT molecular complexity index is 486. The first-order valence-corrected chi connectivity index (χ1v) is 7.14. The zero-order valence-electron chi connectivity index (χ0n) is 11.1. The van der Waals surface area contributed by atoms with Crippen molar-refractivity contribution in [2.45, 2.75) is 51.0 Å². The smallest absolute Gasteiger partial charge is 0.226 e. The number of nitrogens with one attached hydrogen (secondary N) is 2. The van der Waals surface area contributed by atoms with Crippen LogP contribution in [0.15, 0.2) is 12.1 Å². The fourth-order valence-corrected chi connectivity index (χ4v) is 3.41. The van der Waals surface area contributed by atoms with Gasteiger partial charge in [-0.1, -0.05) is 19.3 Å². The van der Waals surface area contributed by atoms with Crippen LogP contribution in [0.2, 0.25) is 0 Å². The van der Waals surface area contributed by atoms with Gasteiger partial charge in [-0.2, -0.15) is 0 Å². The third kappa shape index (κ3) is 2.57. The van der Waals surface area contributed by atoms with Crippen LogP contribution >= 0.6 is 0 Å². The van der Waals surface area contributed by atoms with Crippen LogP contribution in [0.4, 0.5) is 0 Å². The van der Waals surface area contributed by atoms with E-state index in [2.05, 4.69) is 10.3 Å². The molecule has 1 atom stereocenters. The molecule has 3 rings (SSSR count). The number of rotatable bonds is 4. The summed E-state index contributed by atoms with van der Waals surface area (Å²) >= 11 is 0. The Labute approximate surface area is 113 Å². The topological polar surface area (TPSA) is 62.0 Å². The molecular formula is C15H20N2O2. The van der Waals surface area contributed by atoms with Crippen molar-refractivity contribution in [1.29, 1.82) is 0 Å². The van der Waals surface area contributed by atoms with E-state index in [1.165, 1.54) is 32.1 Å². The number of carbonyl (C=O) groups is 2. The predicted octanol–water partition coefficient (Wildman–Crippen LogP) is 2.21. The van der Waals surface area contributed by atoms with Crippen LogP contribution in [0, 0.1) is 5.41 Å². The fraction of sp³-hybridized carbons (Fsp3) is 0.600. The third-order valence-electron chi connectivity index (χ3n) is 4.62. The molecule has 0 radical (unpaired) electrons. The fourth-order valence-electron chi connectivity index (χ4n) is 3.41. The van der Waals surface area contributed by atoms with E-state index in [4.69, 9.17) is 0 Å². The van der Waals surface area contributed by atoms with Gasteiger partial charge < -0.3 is 10.3 Å². The number of carbonyl (C=O) groups excluding carboxylic acids is 2. The molecule has 2 N–H and O–H groups in total. The molecule has 1 unspecified atom stereocenters. The van der Waals surface area contributed by atoms with Crippen molar-refractivity contribution < 1.29 is 9.59 Å². The van der Waals surface area contributed by atoms with E-state index in [9.17, 15) is 9.59 Å². The van der Waals surface area contributed by atoms with Crippen molar-refractivity contribution in [3.8, 4) is 0 Å². The molecule has 1 spiro atoms. The van der Waals surface area contributed by atoms with Gasteiger partial charge in [-0.3, -0.25) is 9.59 Å². The molecule has 0 aliphatic heterocycles. The first-order valence-electron chi connectivity index (χ1n) is 7.14. The van der Waals surface area contributed by atoms with Gasteiger partial charge in [0.1, 0.15) is 0 Å². The second-order valence-electron chi connectivity index (χ2n) is 5.98. The Morgan fingerprint density at radius 3 is 2.84 bits per heavy atom. The van der Waals surface area contributed by atoms with Gasteiger partial charge in [0, 0.05) is 11.7 Å². The quantitative estimate of drug-likeness (QED) is 0.815. The summed E-state index contributed by atoms with van der Waals surface area (Å²) in [6, 6.07) is 3.89. The maximum Gasteiger partial charge on any atom is 0.226 e. The lowest BCUT2D eigenvalue weighted by Gasteiger charge is -2.22. The Morgan fingerprint density at radius 2 is 2.16 bits per heavy atom. The molecule has 2 fully saturated rings. The number of hydrogen-bond acceptors (Lipinski definition) is 2. The zero-order chi connectivity index (χ0) is 13.3. The summed E-state index contributed by atoms with van der Waals surface area (Å²) in [4.78, 5) is 25.5. The lowest BCUT2D eigenvalue weighted by molar-refractivity contribution is -0.120. The van der Waals surface area contributed by atoms with Crippen LogP contribution in [-0.4, -0.2) is 23.2 Å². The first kappa shape index (κ1) is 12.5. The van der Waals surface area contributed by atoms with Crippen molar-refractivity contribution in [3.63, 3.8) is 0 Å². The summed E-state index contributed by atoms with van der Waals surface area (Å²) in [5.74, 6) is 0.0618. The minimum Gasteiger partial charge on any atom is -0.356 e. The standard InChI is InChI=1S/C15H20N2O2/c18-10-12-5-4-11(16-12)8-14(19)17-13-9-15(13)6-2-1-3-7-15/h4-5,10,13,16H,1-3,6-9H2,(H,17,19). The summed E-state index contributed by atoms with van der Waals surface area (Å²) in [7, 11) is 0.